The number of halogens is 4. The van der Waals surface area contributed by atoms with Gasteiger partial charge in [0.15, 0.2) is 0 Å². The lowest BCUT2D eigenvalue weighted by molar-refractivity contribution is -0.128. The predicted octanol–water partition coefficient (Wildman–Crippen LogP) is 2.46. The molecule has 1 aromatic carbocycles. The van der Waals surface area contributed by atoms with Crippen molar-refractivity contribution >= 4 is 17.5 Å². The molecule has 2 N–H and O–H groups in total. The standard InChI is InChI=1S/C13H14ClF3N2O/c14-9-3-1-2-8(4-9)10-5-11(10)19-12(20)6-18-7-13(15,16)17/h1-4,10-11,18H,5-7H2,(H,19,20)/t10-,11-/m0/s1. The largest absolute Gasteiger partial charge is 0.401 e. The monoisotopic (exact) mass is 306 g/mol. The van der Waals surface area contributed by atoms with Gasteiger partial charge in [0.25, 0.3) is 0 Å². The molecular weight excluding hydrogens is 293 g/mol. The van der Waals surface area contributed by atoms with E-state index in [4.69, 9.17) is 11.6 Å². The van der Waals surface area contributed by atoms with Crippen molar-refractivity contribution in [2.75, 3.05) is 13.1 Å². The lowest BCUT2D eigenvalue weighted by Gasteiger charge is -2.08. The Morgan fingerprint density at radius 1 is 1.40 bits per heavy atom. The number of hydrogen-bond acceptors (Lipinski definition) is 2. The Morgan fingerprint density at radius 3 is 2.80 bits per heavy atom. The van der Waals surface area contributed by atoms with Crippen LogP contribution in [0.5, 0.6) is 0 Å². The summed E-state index contributed by atoms with van der Waals surface area (Å²) in [5.41, 5.74) is 1.03. The topological polar surface area (TPSA) is 41.1 Å². The zero-order valence-corrected chi connectivity index (χ0v) is 11.3. The highest BCUT2D eigenvalue weighted by atomic mass is 35.5. The Morgan fingerprint density at radius 2 is 2.15 bits per heavy atom. The van der Waals surface area contributed by atoms with Gasteiger partial charge >= 0.3 is 6.18 Å². The molecule has 1 fully saturated rings. The second-order valence-electron chi connectivity index (χ2n) is 4.79. The van der Waals surface area contributed by atoms with E-state index in [-0.39, 0.29) is 18.5 Å². The first-order valence-corrected chi connectivity index (χ1v) is 6.55. The summed E-state index contributed by atoms with van der Waals surface area (Å²) in [6.07, 6.45) is -3.52. The molecule has 0 aromatic heterocycles. The van der Waals surface area contributed by atoms with Gasteiger partial charge in [-0.1, -0.05) is 23.7 Å². The first kappa shape index (κ1) is 15.1. The van der Waals surface area contributed by atoms with Crippen LogP contribution in [0.4, 0.5) is 13.2 Å². The zero-order valence-electron chi connectivity index (χ0n) is 10.5. The number of amides is 1. The molecule has 1 aliphatic rings. The third kappa shape index (κ3) is 4.68. The molecule has 2 atom stereocenters. The molecule has 1 saturated carbocycles. The van der Waals surface area contributed by atoms with Crippen molar-refractivity contribution in [1.29, 1.82) is 0 Å². The molecule has 0 spiro atoms. The van der Waals surface area contributed by atoms with E-state index in [9.17, 15) is 18.0 Å². The minimum Gasteiger partial charge on any atom is -0.352 e. The average molecular weight is 307 g/mol. The van der Waals surface area contributed by atoms with Crippen LogP contribution in [-0.4, -0.2) is 31.2 Å². The van der Waals surface area contributed by atoms with Gasteiger partial charge in [0.05, 0.1) is 13.1 Å². The van der Waals surface area contributed by atoms with Gasteiger partial charge in [-0.25, -0.2) is 0 Å². The molecule has 110 valence electrons. The summed E-state index contributed by atoms with van der Waals surface area (Å²) in [5.74, 6) is -0.232. The molecule has 1 amide bonds. The molecule has 0 saturated heterocycles. The van der Waals surface area contributed by atoms with Gasteiger partial charge in [0.1, 0.15) is 0 Å². The molecule has 2 rings (SSSR count). The summed E-state index contributed by atoms with van der Waals surface area (Å²) in [6, 6.07) is 7.33. The third-order valence-corrected chi connectivity index (χ3v) is 3.26. The van der Waals surface area contributed by atoms with Crippen molar-refractivity contribution in [1.82, 2.24) is 10.6 Å². The zero-order chi connectivity index (χ0) is 14.8. The predicted molar refractivity (Wildman–Crippen MR) is 69.7 cm³/mol. The highest BCUT2D eigenvalue weighted by molar-refractivity contribution is 6.30. The van der Waals surface area contributed by atoms with Gasteiger partial charge in [-0.3, -0.25) is 4.79 Å². The van der Waals surface area contributed by atoms with E-state index >= 15 is 0 Å². The number of nitrogens with one attached hydrogen (secondary N) is 2. The summed E-state index contributed by atoms with van der Waals surface area (Å²) in [5, 5.41) is 5.39. The molecule has 0 aliphatic heterocycles. The first-order chi connectivity index (χ1) is 9.35. The number of carbonyl (C=O) groups is 1. The van der Waals surface area contributed by atoms with Crippen LogP contribution < -0.4 is 10.6 Å². The van der Waals surface area contributed by atoms with E-state index in [0.717, 1.165) is 12.0 Å². The van der Waals surface area contributed by atoms with Crippen LogP contribution in [0, 0.1) is 0 Å². The SMILES string of the molecule is O=C(CNCC(F)(F)F)N[C@H]1C[C@H]1c1cccc(Cl)c1. The second kappa shape index (κ2) is 6.01. The van der Waals surface area contributed by atoms with Crippen LogP contribution in [0.15, 0.2) is 24.3 Å². The van der Waals surface area contributed by atoms with Crippen molar-refractivity contribution in [3.63, 3.8) is 0 Å². The fourth-order valence-electron chi connectivity index (χ4n) is 2.04. The molecule has 0 radical (unpaired) electrons. The number of alkyl halides is 3. The van der Waals surface area contributed by atoms with E-state index in [1.807, 2.05) is 18.2 Å². The number of hydrogen-bond donors (Lipinski definition) is 2. The first-order valence-electron chi connectivity index (χ1n) is 6.17. The maximum Gasteiger partial charge on any atom is 0.401 e. The lowest BCUT2D eigenvalue weighted by Crippen LogP contribution is -2.39. The lowest BCUT2D eigenvalue weighted by atomic mass is 10.1. The van der Waals surface area contributed by atoms with Gasteiger partial charge in [0.2, 0.25) is 5.91 Å². The van der Waals surface area contributed by atoms with Gasteiger partial charge in [-0.05, 0) is 24.1 Å². The molecule has 0 unspecified atom stereocenters. The maximum absolute atomic E-state index is 11.9. The molecule has 7 heteroatoms. The molecule has 1 aliphatic carbocycles. The Balaban J connectivity index is 1.72. The third-order valence-electron chi connectivity index (χ3n) is 3.02. The quantitative estimate of drug-likeness (QED) is 0.877. The smallest absolute Gasteiger partial charge is 0.352 e. The Bertz CT molecular complexity index is 493. The van der Waals surface area contributed by atoms with Crippen molar-refractivity contribution in [2.45, 2.75) is 24.6 Å². The van der Waals surface area contributed by atoms with E-state index < -0.39 is 18.6 Å². The van der Waals surface area contributed by atoms with Gasteiger partial charge < -0.3 is 10.6 Å². The van der Waals surface area contributed by atoms with Gasteiger partial charge in [0, 0.05) is 17.0 Å². The van der Waals surface area contributed by atoms with Crippen molar-refractivity contribution < 1.29 is 18.0 Å². The highest BCUT2D eigenvalue weighted by Gasteiger charge is 2.39. The van der Waals surface area contributed by atoms with E-state index in [0.29, 0.717) is 5.02 Å². The van der Waals surface area contributed by atoms with Crippen LogP contribution in [0.1, 0.15) is 17.9 Å². The Labute approximate surface area is 119 Å². The van der Waals surface area contributed by atoms with Gasteiger partial charge in [-0.15, -0.1) is 0 Å². The number of rotatable bonds is 5. The minimum absolute atomic E-state index is 0.0198. The summed E-state index contributed by atoms with van der Waals surface area (Å²) < 4.78 is 35.7. The summed E-state index contributed by atoms with van der Waals surface area (Å²) in [6.45, 7) is -1.50. The maximum atomic E-state index is 11.9. The molecule has 3 nitrogen and oxygen atoms in total. The van der Waals surface area contributed by atoms with Gasteiger partial charge in [-0.2, -0.15) is 13.2 Å². The van der Waals surface area contributed by atoms with Crippen LogP contribution in [-0.2, 0) is 4.79 Å². The average Bonchev–Trinajstić information content (AvgIpc) is 3.06. The van der Waals surface area contributed by atoms with E-state index in [1.54, 1.807) is 6.07 Å². The molecule has 0 bridgehead atoms. The second-order valence-corrected chi connectivity index (χ2v) is 5.23. The number of benzene rings is 1. The van der Waals surface area contributed by atoms with Crippen LogP contribution in [0.2, 0.25) is 5.02 Å². The van der Waals surface area contributed by atoms with Crippen molar-refractivity contribution in [3.8, 4) is 0 Å². The molecule has 1 aromatic rings. The van der Waals surface area contributed by atoms with E-state index in [1.165, 1.54) is 0 Å². The summed E-state index contributed by atoms with van der Waals surface area (Å²) >= 11 is 5.88. The summed E-state index contributed by atoms with van der Waals surface area (Å²) in [7, 11) is 0. The Kier molecular flexibility index (Phi) is 4.55. The van der Waals surface area contributed by atoms with E-state index in [2.05, 4.69) is 10.6 Å². The normalized spacial score (nSPS) is 21.6. The molecule has 0 heterocycles. The fourth-order valence-corrected chi connectivity index (χ4v) is 2.23. The van der Waals surface area contributed by atoms with Crippen molar-refractivity contribution in [2.24, 2.45) is 0 Å². The Hall–Kier alpha value is -1.27. The fraction of sp³-hybridized carbons (Fsp3) is 0.462. The molecule has 20 heavy (non-hydrogen) atoms. The van der Waals surface area contributed by atoms with Crippen LogP contribution in [0.25, 0.3) is 0 Å². The summed E-state index contributed by atoms with van der Waals surface area (Å²) in [4.78, 5) is 11.5. The highest BCUT2D eigenvalue weighted by Crippen LogP contribution is 2.41. The number of carbonyl (C=O) groups excluding carboxylic acids is 1. The van der Waals surface area contributed by atoms with Crippen LogP contribution >= 0.6 is 11.6 Å². The molecular formula is C13H14ClF3N2O. The van der Waals surface area contributed by atoms with Crippen molar-refractivity contribution in [3.05, 3.63) is 34.9 Å². The minimum atomic E-state index is -4.30. The van der Waals surface area contributed by atoms with Crippen LogP contribution in [0.3, 0.4) is 0 Å².